The molecule has 0 aliphatic carbocycles. The molecular weight excluding hydrogens is 260 g/mol. The first-order valence-electron chi connectivity index (χ1n) is 6.16. The van der Waals surface area contributed by atoms with Crippen molar-refractivity contribution < 1.29 is 4.79 Å². The van der Waals surface area contributed by atoms with Crippen LogP contribution in [0.5, 0.6) is 0 Å². The Morgan fingerprint density at radius 3 is 3.00 bits per heavy atom. The molecule has 5 nitrogen and oxygen atoms in total. The highest BCUT2D eigenvalue weighted by atomic mass is 32.1. The second-order valence-corrected chi connectivity index (χ2v) is 4.94. The Morgan fingerprint density at radius 2 is 2.26 bits per heavy atom. The van der Waals surface area contributed by atoms with Gasteiger partial charge >= 0.3 is 0 Å². The topological polar surface area (TPSA) is 66.9 Å². The van der Waals surface area contributed by atoms with Crippen molar-refractivity contribution in [3.8, 4) is 0 Å². The van der Waals surface area contributed by atoms with E-state index in [0.29, 0.717) is 12.2 Å². The lowest BCUT2D eigenvalue weighted by atomic mass is 10.3. The Labute approximate surface area is 116 Å². The molecule has 0 fully saturated rings. The number of hydrogen-bond donors (Lipinski definition) is 2. The number of nitrogens with zero attached hydrogens (tertiary/aromatic N) is 2. The Balaban J connectivity index is 1.94. The fourth-order valence-corrected chi connectivity index (χ4v) is 2.08. The largest absolute Gasteiger partial charge is 0.385 e. The van der Waals surface area contributed by atoms with Gasteiger partial charge in [-0.3, -0.25) is 9.78 Å². The van der Waals surface area contributed by atoms with Crippen molar-refractivity contribution in [3.05, 3.63) is 40.6 Å². The van der Waals surface area contributed by atoms with Crippen molar-refractivity contribution >= 4 is 22.9 Å². The average molecular weight is 276 g/mol. The van der Waals surface area contributed by atoms with E-state index in [-0.39, 0.29) is 5.91 Å². The lowest BCUT2D eigenvalue weighted by molar-refractivity contribution is 0.0946. The Hall–Kier alpha value is -1.95. The van der Waals surface area contributed by atoms with Gasteiger partial charge in [0, 0.05) is 30.0 Å². The summed E-state index contributed by atoms with van der Waals surface area (Å²) in [5.74, 6) is -0.185. The number of carbonyl (C=O) groups excluding carboxylic acids is 1. The van der Waals surface area contributed by atoms with Crippen LogP contribution in [0.25, 0.3) is 0 Å². The predicted octanol–water partition coefficient (Wildman–Crippen LogP) is 2.29. The third-order valence-corrected chi connectivity index (χ3v) is 3.23. The van der Waals surface area contributed by atoms with Crippen LogP contribution in [0.3, 0.4) is 0 Å². The number of thiazole rings is 1. The van der Waals surface area contributed by atoms with E-state index in [1.807, 2.05) is 11.4 Å². The van der Waals surface area contributed by atoms with Crippen molar-refractivity contribution in [3.63, 3.8) is 0 Å². The van der Waals surface area contributed by atoms with Crippen LogP contribution in [0.2, 0.25) is 0 Å². The molecule has 0 atom stereocenters. The number of pyridine rings is 1. The molecule has 6 heteroatoms. The van der Waals surface area contributed by atoms with Crippen LogP contribution >= 0.6 is 11.3 Å². The lowest BCUT2D eigenvalue weighted by Crippen LogP contribution is -2.23. The maximum absolute atomic E-state index is 11.9. The first-order valence-corrected chi connectivity index (χ1v) is 7.04. The van der Waals surface area contributed by atoms with Crippen LogP contribution < -0.4 is 10.6 Å². The van der Waals surface area contributed by atoms with Gasteiger partial charge in [-0.1, -0.05) is 6.92 Å². The van der Waals surface area contributed by atoms with Gasteiger partial charge in [0.25, 0.3) is 5.91 Å². The molecule has 0 saturated carbocycles. The molecule has 0 bridgehead atoms. The third-order valence-electron chi connectivity index (χ3n) is 2.46. The fraction of sp³-hybridized carbons (Fsp3) is 0.308. The second kappa shape index (κ2) is 6.84. The Kier molecular flexibility index (Phi) is 4.85. The number of carbonyl (C=O) groups is 1. The summed E-state index contributed by atoms with van der Waals surface area (Å²) in [7, 11) is 0. The van der Waals surface area contributed by atoms with Crippen molar-refractivity contribution in [2.24, 2.45) is 0 Å². The van der Waals surface area contributed by atoms with Gasteiger partial charge < -0.3 is 10.6 Å². The normalized spacial score (nSPS) is 10.2. The number of amides is 1. The number of rotatable bonds is 6. The van der Waals surface area contributed by atoms with Gasteiger partial charge in [-0.25, -0.2) is 4.98 Å². The summed E-state index contributed by atoms with van der Waals surface area (Å²) in [6.07, 6.45) is 4.39. The minimum atomic E-state index is -0.185. The number of aromatic nitrogens is 2. The monoisotopic (exact) mass is 276 g/mol. The zero-order valence-electron chi connectivity index (χ0n) is 10.7. The summed E-state index contributed by atoms with van der Waals surface area (Å²) in [4.78, 5) is 20.1. The molecule has 0 saturated heterocycles. The summed E-state index contributed by atoms with van der Waals surface area (Å²) < 4.78 is 0. The standard InChI is InChI=1S/C13H16N4OS/c1-2-4-14-10-3-5-15-11(8-10)13(18)17-9-12-16-6-7-19-12/h3,5-8H,2,4,9H2,1H3,(H,14,15)(H,17,18). The van der Waals surface area contributed by atoms with E-state index >= 15 is 0 Å². The number of hydrogen-bond acceptors (Lipinski definition) is 5. The molecule has 2 rings (SSSR count). The summed E-state index contributed by atoms with van der Waals surface area (Å²) >= 11 is 1.52. The lowest BCUT2D eigenvalue weighted by Gasteiger charge is -2.06. The van der Waals surface area contributed by atoms with Gasteiger partial charge in [0.2, 0.25) is 0 Å². The quantitative estimate of drug-likeness (QED) is 0.849. The Morgan fingerprint density at radius 1 is 1.37 bits per heavy atom. The first kappa shape index (κ1) is 13.5. The van der Waals surface area contributed by atoms with E-state index in [2.05, 4.69) is 27.5 Å². The van der Waals surface area contributed by atoms with E-state index in [9.17, 15) is 4.79 Å². The summed E-state index contributed by atoms with van der Waals surface area (Å²) in [5, 5.41) is 8.80. The summed E-state index contributed by atoms with van der Waals surface area (Å²) in [5.41, 5.74) is 1.33. The highest BCUT2D eigenvalue weighted by Crippen LogP contribution is 2.08. The molecule has 0 spiro atoms. The van der Waals surface area contributed by atoms with Crippen molar-refractivity contribution in [2.75, 3.05) is 11.9 Å². The maximum Gasteiger partial charge on any atom is 0.270 e. The predicted molar refractivity (Wildman–Crippen MR) is 76.3 cm³/mol. The van der Waals surface area contributed by atoms with Gasteiger partial charge in [-0.2, -0.15) is 0 Å². The number of nitrogens with one attached hydrogen (secondary N) is 2. The molecule has 0 unspecified atom stereocenters. The van der Waals surface area contributed by atoms with Crippen LogP contribution in [0.15, 0.2) is 29.9 Å². The summed E-state index contributed by atoms with van der Waals surface area (Å²) in [6, 6.07) is 3.61. The highest BCUT2D eigenvalue weighted by molar-refractivity contribution is 7.09. The minimum Gasteiger partial charge on any atom is -0.385 e. The van der Waals surface area contributed by atoms with Gasteiger partial charge in [0.15, 0.2) is 0 Å². The van der Waals surface area contributed by atoms with E-state index in [1.165, 1.54) is 11.3 Å². The molecule has 0 aliphatic heterocycles. The highest BCUT2D eigenvalue weighted by Gasteiger charge is 2.08. The zero-order valence-corrected chi connectivity index (χ0v) is 11.5. The van der Waals surface area contributed by atoms with Crippen molar-refractivity contribution in [1.29, 1.82) is 0 Å². The van der Waals surface area contributed by atoms with E-state index < -0.39 is 0 Å². The molecule has 2 aromatic rings. The smallest absolute Gasteiger partial charge is 0.270 e. The summed E-state index contributed by atoms with van der Waals surface area (Å²) in [6.45, 7) is 3.41. The van der Waals surface area contributed by atoms with Crippen LogP contribution in [-0.2, 0) is 6.54 Å². The van der Waals surface area contributed by atoms with Gasteiger partial charge in [0.05, 0.1) is 6.54 Å². The molecular formula is C13H16N4OS. The molecule has 2 aromatic heterocycles. The Bertz CT molecular complexity index is 527. The van der Waals surface area contributed by atoms with Crippen LogP contribution in [0.1, 0.15) is 28.8 Å². The van der Waals surface area contributed by atoms with Crippen molar-refractivity contribution in [2.45, 2.75) is 19.9 Å². The van der Waals surface area contributed by atoms with Gasteiger partial charge in [-0.05, 0) is 18.6 Å². The zero-order chi connectivity index (χ0) is 13.5. The SMILES string of the molecule is CCCNc1ccnc(C(=O)NCc2nccs2)c1. The van der Waals surface area contributed by atoms with Crippen LogP contribution in [0.4, 0.5) is 5.69 Å². The molecule has 0 aliphatic rings. The first-order chi connectivity index (χ1) is 9.29. The molecule has 19 heavy (non-hydrogen) atoms. The van der Waals surface area contributed by atoms with E-state index in [0.717, 1.165) is 23.7 Å². The third kappa shape index (κ3) is 4.03. The molecule has 1 amide bonds. The minimum absolute atomic E-state index is 0.185. The van der Waals surface area contributed by atoms with Crippen LogP contribution in [0, 0.1) is 0 Å². The molecule has 0 aromatic carbocycles. The molecule has 2 N–H and O–H groups in total. The van der Waals surface area contributed by atoms with E-state index in [4.69, 9.17) is 0 Å². The maximum atomic E-state index is 11.9. The van der Waals surface area contributed by atoms with E-state index in [1.54, 1.807) is 18.5 Å². The van der Waals surface area contributed by atoms with Crippen LogP contribution in [-0.4, -0.2) is 22.4 Å². The number of anilines is 1. The van der Waals surface area contributed by atoms with Gasteiger partial charge in [0.1, 0.15) is 10.7 Å². The average Bonchev–Trinajstić information content (AvgIpc) is 2.96. The fourth-order valence-electron chi connectivity index (χ4n) is 1.52. The van der Waals surface area contributed by atoms with Crippen molar-refractivity contribution in [1.82, 2.24) is 15.3 Å². The second-order valence-electron chi connectivity index (χ2n) is 3.97. The molecule has 2 heterocycles. The van der Waals surface area contributed by atoms with Gasteiger partial charge in [-0.15, -0.1) is 11.3 Å². The molecule has 0 radical (unpaired) electrons. The molecule has 100 valence electrons.